The molecule has 0 atom stereocenters. The van der Waals surface area contributed by atoms with Gasteiger partial charge in [-0.15, -0.1) is 0 Å². The largest absolute Gasteiger partial charge is 0.337 e. The van der Waals surface area contributed by atoms with Crippen LogP contribution in [0.2, 0.25) is 0 Å². The van der Waals surface area contributed by atoms with Gasteiger partial charge in [-0.3, -0.25) is 0 Å². The number of hydrogen-bond donors (Lipinski definition) is 1. The molecule has 0 fully saturated rings. The molecule has 3 nitrogen and oxygen atoms in total. The lowest BCUT2D eigenvalue weighted by molar-refractivity contribution is 1.27. The van der Waals surface area contributed by atoms with Crippen molar-refractivity contribution in [2.24, 2.45) is 0 Å². The van der Waals surface area contributed by atoms with E-state index in [1.807, 2.05) is 66.7 Å². The molecule has 100 valence electrons. The van der Waals surface area contributed by atoms with Gasteiger partial charge >= 0.3 is 0 Å². The first-order valence-electron chi connectivity index (χ1n) is 6.65. The van der Waals surface area contributed by atoms with E-state index in [1.165, 1.54) is 0 Å². The van der Waals surface area contributed by atoms with Gasteiger partial charge in [0.15, 0.2) is 0 Å². The number of nitrogens with one attached hydrogen (secondary N) is 1. The van der Waals surface area contributed by atoms with Gasteiger partial charge < -0.3 is 4.98 Å². The molecule has 0 saturated heterocycles. The monoisotopic (exact) mass is 271 g/mol. The Morgan fingerprint density at radius 3 is 2.57 bits per heavy atom. The van der Waals surface area contributed by atoms with Gasteiger partial charge in [0.05, 0.1) is 16.6 Å². The van der Waals surface area contributed by atoms with Crippen LogP contribution < -0.4 is 0 Å². The van der Waals surface area contributed by atoms with E-state index in [0.29, 0.717) is 11.4 Å². The van der Waals surface area contributed by atoms with Crippen molar-refractivity contribution >= 4 is 22.7 Å². The van der Waals surface area contributed by atoms with Crippen LogP contribution in [0.4, 0.5) is 0 Å². The molecule has 21 heavy (non-hydrogen) atoms. The Balaban J connectivity index is 1.89. The number of allylic oxidation sites excluding steroid dienone is 3. The minimum absolute atomic E-state index is 0.512. The molecule has 3 rings (SSSR count). The minimum Gasteiger partial charge on any atom is -0.337 e. The predicted octanol–water partition coefficient (Wildman–Crippen LogP) is 4.18. The molecule has 1 aromatic heterocycles. The van der Waals surface area contributed by atoms with Crippen LogP contribution in [0.1, 0.15) is 11.4 Å². The van der Waals surface area contributed by atoms with Gasteiger partial charge in [-0.2, -0.15) is 5.26 Å². The van der Waals surface area contributed by atoms with Crippen LogP contribution in [0.3, 0.4) is 0 Å². The first kappa shape index (κ1) is 12.9. The Morgan fingerprint density at radius 2 is 1.81 bits per heavy atom. The molecule has 0 aliphatic heterocycles. The molecular formula is C18H13N3. The summed E-state index contributed by atoms with van der Waals surface area (Å²) in [7, 11) is 0. The molecule has 3 aromatic rings. The highest BCUT2D eigenvalue weighted by Crippen LogP contribution is 2.16. The summed E-state index contributed by atoms with van der Waals surface area (Å²) in [5.41, 5.74) is 3.40. The van der Waals surface area contributed by atoms with Crippen molar-refractivity contribution in [2.75, 3.05) is 0 Å². The maximum atomic E-state index is 9.29. The number of aromatic amines is 1. The van der Waals surface area contributed by atoms with E-state index >= 15 is 0 Å². The SMILES string of the molecule is N#CC(=CC=Cc1ccccc1)c1nc2ccccc2[nH]1. The van der Waals surface area contributed by atoms with Crippen molar-refractivity contribution in [3.05, 3.63) is 78.1 Å². The van der Waals surface area contributed by atoms with Crippen LogP contribution in [-0.4, -0.2) is 9.97 Å². The lowest BCUT2D eigenvalue weighted by Gasteiger charge is -1.91. The summed E-state index contributed by atoms with van der Waals surface area (Å²) >= 11 is 0. The van der Waals surface area contributed by atoms with Crippen LogP contribution in [-0.2, 0) is 0 Å². The van der Waals surface area contributed by atoms with Crippen LogP contribution >= 0.6 is 0 Å². The van der Waals surface area contributed by atoms with Crippen molar-refractivity contribution in [3.63, 3.8) is 0 Å². The fourth-order valence-corrected chi connectivity index (χ4v) is 2.07. The smallest absolute Gasteiger partial charge is 0.149 e. The second kappa shape index (κ2) is 5.89. The van der Waals surface area contributed by atoms with Crippen LogP contribution in [0.15, 0.2) is 66.7 Å². The number of nitriles is 1. The maximum Gasteiger partial charge on any atom is 0.149 e. The Labute approximate surface area is 122 Å². The zero-order valence-corrected chi connectivity index (χ0v) is 11.3. The number of benzene rings is 2. The third-order valence-corrected chi connectivity index (χ3v) is 3.12. The van der Waals surface area contributed by atoms with E-state index in [0.717, 1.165) is 16.6 Å². The summed E-state index contributed by atoms with van der Waals surface area (Å²) in [5.74, 6) is 0.594. The standard InChI is InChI=1S/C18H13N3/c19-13-15(10-6-9-14-7-2-1-3-8-14)18-20-16-11-4-5-12-17(16)21-18/h1-12H,(H,20,21). The Morgan fingerprint density at radius 1 is 1.05 bits per heavy atom. The number of para-hydroxylation sites is 2. The molecule has 0 amide bonds. The van der Waals surface area contributed by atoms with Gasteiger partial charge in [-0.25, -0.2) is 4.98 Å². The minimum atomic E-state index is 0.512. The number of imidazole rings is 1. The summed E-state index contributed by atoms with van der Waals surface area (Å²) in [6.07, 6.45) is 5.59. The van der Waals surface area contributed by atoms with Crippen molar-refractivity contribution in [1.29, 1.82) is 5.26 Å². The van der Waals surface area contributed by atoms with Crippen LogP contribution in [0, 0.1) is 11.3 Å². The van der Waals surface area contributed by atoms with Crippen molar-refractivity contribution in [3.8, 4) is 6.07 Å². The fraction of sp³-hybridized carbons (Fsp3) is 0. The molecule has 0 aliphatic carbocycles. The van der Waals surface area contributed by atoms with Gasteiger partial charge in [0, 0.05) is 0 Å². The highest BCUT2D eigenvalue weighted by Gasteiger charge is 2.05. The highest BCUT2D eigenvalue weighted by molar-refractivity contribution is 5.82. The molecule has 3 heteroatoms. The second-order valence-corrected chi connectivity index (χ2v) is 4.56. The van der Waals surface area contributed by atoms with Gasteiger partial charge in [-0.05, 0) is 23.8 Å². The summed E-state index contributed by atoms with van der Waals surface area (Å²) in [6.45, 7) is 0. The number of hydrogen-bond acceptors (Lipinski definition) is 2. The van der Waals surface area contributed by atoms with Gasteiger partial charge in [0.1, 0.15) is 11.9 Å². The number of aromatic nitrogens is 2. The van der Waals surface area contributed by atoms with E-state index in [1.54, 1.807) is 6.08 Å². The summed E-state index contributed by atoms with van der Waals surface area (Å²) < 4.78 is 0. The Hall–Kier alpha value is -3.12. The molecule has 1 heterocycles. The van der Waals surface area contributed by atoms with Crippen LogP contribution in [0.5, 0.6) is 0 Å². The quantitative estimate of drug-likeness (QED) is 0.573. The zero-order chi connectivity index (χ0) is 14.5. The summed E-state index contributed by atoms with van der Waals surface area (Å²) in [6, 6.07) is 19.9. The van der Waals surface area contributed by atoms with Crippen molar-refractivity contribution in [2.45, 2.75) is 0 Å². The normalized spacial score (nSPS) is 11.9. The molecule has 0 radical (unpaired) electrons. The lowest BCUT2D eigenvalue weighted by atomic mass is 10.2. The third kappa shape index (κ3) is 2.90. The molecular weight excluding hydrogens is 258 g/mol. The van der Waals surface area contributed by atoms with E-state index in [-0.39, 0.29) is 0 Å². The molecule has 0 unspecified atom stereocenters. The molecule has 0 spiro atoms. The van der Waals surface area contributed by atoms with Crippen molar-refractivity contribution < 1.29 is 0 Å². The number of fused-ring (bicyclic) bond motifs is 1. The lowest BCUT2D eigenvalue weighted by Crippen LogP contribution is -1.83. The van der Waals surface area contributed by atoms with E-state index in [9.17, 15) is 5.26 Å². The number of rotatable bonds is 3. The van der Waals surface area contributed by atoms with Crippen molar-refractivity contribution in [1.82, 2.24) is 9.97 Å². The van der Waals surface area contributed by atoms with Gasteiger partial charge in [0.25, 0.3) is 0 Å². The Kier molecular flexibility index (Phi) is 3.62. The number of nitrogens with zero attached hydrogens (tertiary/aromatic N) is 2. The zero-order valence-electron chi connectivity index (χ0n) is 11.3. The molecule has 1 N–H and O–H groups in total. The average molecular weight is 271 g/mol. The molecule has 2 aromatic carbocycles. The molecule has 0 aliphatic rings. The fourth-order valence-electron chi connectivity index (χ4n) is 2.07. The first-order chi connectivity index (χ1) is 10.4. The summed E-state index contributed by atoms with van der Waals surface area (Å²) in [5, 5.41) is 9.29. The Bertz CT molecular complexity index is 816. The third-order valence-electron chi connectivity index (χ3n) is 3.12. The summed E-state index contributed by atoms with van der Waals surface area (Å²) in [4.78, 5) is 7.59. The van der Waals surface area contributed by atoms with Gasteiger partial charge in [0.2, 0.25) is 0 Å². The second-order valence-electron chi connectivity index (χ2n) is 4.56. The molecule has 0 saturated carbocycles. The topological polar surface area (TPSA) is 52.5 Å². The maximum absolute atomic E-state index is 9.29. The van der Waals surface area contributed by atoms with E-state index in [4.69, 9.17) is 0 Å². The van der Waals surface area contributed by atoms with Gasteiger partial charge in [-0.1, -0.05) is 54.6 Å². The van der Waals surface area contributed by atoms with E-state index in [2.05, 4.69) is 16.0 Å². The van der Waals surface area contributed by atoms with Crippen LogP contribution in [0.25, 0.3) is 22.7 Å². The van der Waals surface area contributed by atoms with E-state index < -0.39 is 0 Å². The average Bonchev–Trinajstić information content (AvgIpc) is 2.96. The number of H-pyrrole nitrogens is 1. The highest BCUT2D eigenvalue weighted by atomic mass is 14.9. The predicted molar refractivity (Wildman–Crippen MR) is 85.2 cm³/mol. The molecule has 0 bridgehead atoms. The first-order valence-corrected chi connectivity index (χ1v) is 6.65.